The Morgan fingerprint density at radius 1 is 0.400 bits per heavy atom. The molecule has 6 aromatic rings. The molecule has 5 aromatic carbocycles. The van der Waals surface area contributed by atoms with Crippen molar-refractivity contribution in [2.24, 2.45) is 0 Å². The molecule has 0 unspecified atom stereocenters. The van der Waals surface area contributed by atoms with Gasteiger partial charge in [-0.1, -0.05) is 84.9 Å². The topological polar surface area (TPSA) is 55.7 Å². The van der Waals surface area contributed by atoms with E-state index in [0.717, 1.165) is 10.6 Å². The highest BCUT2D eigenvalue weighted by Gasteiger charge is 2.29. The maximum absolute atomic E-state index is 14.7. The highest BCUT2D eigenvalue weighted by Crippen LogP contribution is 2.42. The zero-order chi connectivity index (χ0) is 27.5. The van der Waals surface area contributed by atoms with Gasteiger partial charge in [-0.25, -0.2) is 23.7 Å². The lowest BCUT2D eigenvalue weighted by atomic mass is 10.1. The van der Waals surface area contributed by atoms with Crippen molar-refractivity contribution in [1.82, 2.24) is 15.0 Å². The van der Waals surface area contributed by atoms with Crippen LogP contribution >= 0.6 is 7.14 Å². The summed E-state index contributed by atoms with van der Waals surface area (Å²) in [6.07, 6.45) is 0. The van der Waals surface area contributed by atoms with E-state index in [1.165, 1.54) is 24.3 Å². The van der Waals surface area contributed by atoms with Gasteiger partial charge in [-0.3, -0.25) is 0 Å². The minimum Gasteiger partial charge on any atom is -0.309 e. The van der Waals surface area contributed by atoms with Crippen LogP contribution in [0.4, 0.5) is 8.78 Å². The average Bonchev–Trinajstić information content (AvgIpc) is 3.02. The van der Waals surface area contributed by atoms with Crippen molar-refractivity contribution >= 4 is 23.1 Å². The smallest absolute Gasteiger partial charge is 0.171 e. The van der Waals surface area contributed by atoms with E-state index in [0.29, 0.717) is 39.5 Å². The fraction of sp³-hybridized carbons (Fsp3) is 0. The van der Waals surface area contributed by atoms with Gasteiger partial charge >= 0.3 is 0 Å². The van der Waals surface area contributed by atoms with Crippen molar-refractivity contribution < 1.29 is 13.3 Å². The molecular formula is C33H22F2N3OP. The predicted octanol–water partition coefficient (Wildman–Crippen LogP) is 6.79. The molecule has 0 fully saturated rings. The maximum atomic E-state index is 14.7. The van der Waals surface area contributed by atoms with Crippen molar-refractivity contribution in [1.29, 1.82) is 0 Å². The van der Waals surface area contributed by atoms with Crippen LogP contribution in [0.1, 0.15) is 0 Å². The number of hydrogen-bond donors (Lipinski definition) is 0. The van der Waals surface area contributed by atoms with E-state index < -0.39 is 7.14 Å². The van der Waals surface area contributed by atoms with Crippen molar-refractivity contribution in [3.05, 3.63) is 145 Å². The molecule has 0 saturated carbocycles. The van der Waals surface area contributed by atoms with Crippen molar-refractivity contribution in [3.63, 3.8) is 0 Å². The van der Waals surface area contributed by atoms with Gasteiger partial charge in [-0.15, -0.1) is 0 Å². The second-order valence-electron chi connectivity index (χ2n) is 9.15. The molecule has 7 heteroatoms. The van der Waals surface area contributed by atoms with Crippen molar-refractivity contribution in [3.8, 4) is 34.2 Å². The normalized spacial score (nSPS) is 11.3. The summed E-state index contributed by atoms with van der Waals surface area (Å²) in [6.45, 7) is 0. The minimum absolute atomic E-state index is 0.354. The molecule has 0 N–H and O–H groups in total. The second kappa shape index (κ2) is 10.8. The summed E-state index contributed by atoms with van der Waals surface area (Å²) in [7, 11) is -3.14. The summed E-state index contributed by atoms with van der Waals surface area (Å²) in [5.74, 6) is 0.358. The molecule has 0 amide bonds. The first-order chi connectivity index (χ1) is 19.5. The van der Waals surface area contributed by atoms with E-state index in [4.69, 9.17) is 0 Å². The van der Waals surface area contributed by atoms with E-state index >= 15 is 0 Å². The summed E-state index contributed by atoms with van der Waals surface area (Å²) in [5.41, 5.74) is 1.91. The van der Waals surface area contributed by atoms with Gasteiger partial charge in [0.2, 0.25) is 0 Å². The zero-order valence-electron chi connectivity index (χ0n) is 21.2. The number of rotatable bonds is 6. The summed E-state index contributed by atoms with van der Waals surface area (Å²) in [6, 6.07) is 38.0. The molecule has 194 valence electrons. The third kappa shape index (κ3) is 4.97. The van der Waals surface area contributed by atoms with Gasteiger partial charge in [0.15, 0.2) is 24.6 Å². The first-order valence-corrected chi connectivity index (χ1v) is 14.3. The minimum atomic E-state index is -3.14. The van der Waals surface area contributed by atoms with E-state index in [1.54, 1.807) is 24.3 Å². The molecule has 0 atom stereocenters. The second-order valence-corrected chi connectivity index (χ2v) is 11.9. The first-order valence-electron chi connectivity index (χ1n) is 12.6. The summed E-state index contributed by atoms with van der Waals surface area (Å²) in [4.78, 5) is 13.9. The molecule has 4 nitrogen and oxygen atoms in total. The number of halogens is 2. The Hall–Kier alpha value is -4.80. The van der Waals surface area contributed by atoms with E-state index in [9.17, 15) is 13.3 Å². The molecule has 40 heavy (non-hydrogen) atoms. The van der Waals surface area contributed by atoms with Crippen LogP contribution in [0.25, 0.3) is 34.2 Å². The first kappa shape index (κ1) is 25.5. The molecule has 0 bridgehead atoms. The molecular weight excluding hydrogens is 523 g/mol. The van der Waals surface area contributed by atoms with E-state index in [-0.39, 0.29) is 11.6 Å². The van der Waals surface area contributed by atoms with Crippen LogP contribution in [0.5, 0.6) is 0 Å². The third-order valence-electron chi connectivity index (χ3n) is 6.57. The van der Waals surface area contributed by atoms with Gasteiger partial charge in [0.25, 0.3) is 0 Å². The van der Waals surface area contributed by atoms with Crippen LogP contribution in [-0.2, 0) is 4.57 Å². The fourth-order valence-electron chi connectivity index (χ4n) is 4.50. The number of aromatic nitrogens is 3. The standard InChI is InChI=1S/C33H22F2N3OP/c34-26-17-11-23(12-18-26)31-36-32(24-13-19-27(35)20-14-24)38-33(37-31)25-15-21-30(22-16-25)40(39,28-7-3-1-4-8-28)29-9-5-2-6-10-29/h1-22H. The van der Waals surface area contributed by atoms with Gasteiger partial charge in [-0.05, 0) is 48.5 Å². The number of benzene rings is 5. The summed E-state index contributed by atoms with van der Waals surface area (Å²) >= 11 is 0. The van der Waals surface area contributed by atoms with Gasteiger partial charge in [0.1, 0.15) is 11.6 Å². The lowest BCUT2D eigenvalue weighted by molar-refractivity contribution is 0.592. The van der Waals surface area contributed by atoms with Gasteiger partial charge < -0.3 is 4.57 Å². The van der Waals surface area contributed by atoms with Crippen molar-refractivity contribution in [2.75, 3.05) is 0 Å². The quantitative estimate of drug-likeness (QED) is 0.216. The monoisotopic (exact) mass is 545 g/mol. The number of hydrogen-bond acceptors (Lipinski definition) is 4. The molecule has 0 aliphatic heterocycles. The predicted molar refractivity (Wildman–Crippen MR) is 155 cm³/mol. The van der Waals surface area contributed by atoms with Gasteiger partial charge in [0, 0.05) is 32.6 Å². The molecule has 0 aliphatic carbocycles. The maximum Gasteiger partial charge on any atom is 0.171 e. The average molecular weight is 546 g/mol. The summed E-state index contributed by atoms with van der Waals surface area (Å²) < 4.78 is 41.9. The molecule has 0 spiro atoms. The SMILES string of the molecule is O=P(c1ccccc1)(c1ccccc1)c1ccc(-c2nc(-c3ccc(F)cc3)nc(-c3ccc(F)cc3)n2)cc1. The van der Waals surface area contributed by atoms with Crippen LogP contribution in [-0.4, -0.2) is 15.0 Å². The fourth-order valence-corrected chi connectivity index (χ4v) is 7.15. The Morgan fingerprint density at radius 2 is 0.700 bits per heavy atom. The van der Waals surface area contributed by atoms with Crippen LogP contribution in [0.2, 0.25) is 0 Å². The largest absolute Gasteiger partial charge is 0.309 e. The highest BCUT2D eigenvalue weighted by molar-refractivity contribution is 7.85. The Balaban J connectivity index is 1.46. The van der Waals surface area contributed by atoms with Crippen LogP contribution in [0.3, 0.4) is 0 Å². The Labute approximate surface area is 230 Å². The van der Waals surface area contributed by atoms with Crippen LogP contribution < -0.4 is 15.9 Å². The van der Waals surface area contributed by atoms with Crippen molar-refractivity contribution in [2.45, 2.75) is 0 Å². The molecule has 0 radical (unpaired) electrons. The highest BCUT2D eigenvalue weighted by atomic mass is 31.2. The molecule has 1 aromatic heterocycles. The van der Waals surface area contributed by atoms with Crippen LogP contribution in [0, 0.1) is 11.6 Å². The molecule has 1 heterocycles. The molecule has 6 rings (SSSR count). The number of nitrogens with zero attached hydrogens (tertiary/aromatic N) is 3. The third-order valence-corrected chi connectivity index (χ3v) is 9.65. The van der Waals surface area contributed by atoms with Gasteiger partial charge in [0.05, 0.1) is 0 Å². The van der Waals surface area contributed by atoms with Gasteiger partial charge in [-0.2, -0.15) is 0 Å². The Kier molecular flexibility index (Phi) is 6.85. The van der Waals surface area contributed by atoms with Crippen LogP contribution in [0.15, 0.2) is 133 Å². The van der Waals surface area contributed by atoms with E-state index in [1.807, 2.05) is 84.9 Å². The zero-order valence-corrected chi connectivity index (χ0v) is 22.0. The molecule has 0 saturated heterocycles. The summed E-state index contributed by atoms with van der Waals surface area (Å²) in [5, 5.41) is 2.16. The van der Waals surface area contributed by atoms with E-state index in [2.05, 4.69) is 15.0 Å². The molecule has 0 aliphatic rings. The lowest BCUT2D eigenvalue weighted by Gasteiger charge is -2.20. The Bertz CT molecular complexity index is 1700. The lowest BCUT2D eigenvalue weighted by Crippen LogP contribution is -2.24. The Morgan fingerprint density at radius 3 is 1.05 bits per heavy atom.